The Labute approximate surface area is 159 Å². The number of amides is 2. The van der Waals surface area contributed by atoms with E-state index in [1.54, 1.807) is 37.6 Å². The van der Waals surface area contributed by atoms with Crippen molar-refractivity contribution in [3.63, 3.8) is 0 Å². The standard InChI is InChI=1S/C21H25N3O3/c1-3-4-5-9-20(25)23-18-12-10-17(11-13-18)21(26)24-22-15-16-7-6-8-19(14-16)27-2/h6-8,10-15H,3-5,9H2,1-2H3,(H,23,25)(H,24,26). The molecule has 0 radical (unpaired) electrons. The summed E-state index contributed by atoms with van der Waals surface area (Å²) in [4.78, 5) is 23.9. The molecule has 0 atom stereocenters. The van der Waals surface area contributed by atoms with E-state index in [1.807, 2.05) is 24.3 Å². The summed E-state index contributed by atoms with van der Waals surface area (Å²) in [5.74, 6) is 0.385. The maximum Gasteiger partial charge on any atom is 0.271 e. The molecule has 0 aromatic heterocycles. The fourth-order valence-corrected chi connectivity index (χ4v) is 2.42. The van der Waals surface area contributed by atoms with Crippen LogP contribution in [0.1, 0.15) is 48.5 Å². The second-order valence-electron chi connectivity index (χ2n) is 6.06. The van der Waals surface area contributed by atoms with E-state index in [0.717, 1.165) is 30.6 Å². The molecule has 27 heavy (non-hydrogen) atoms. The van der Waals surface area contributed by atoms with Gasteiger partial charge in [0.2, 0.25) is 5.91 Å². The molecule has 0 bridgehead atoms. The number of benzene rings is 2. The van der Waals surface area contributed by atoms with Gasteiger partial charge in [-0.1, -0.05) is 31.9 Å². The van der Waals surface area contributed by atoms with Crippen LogP contribution in [-0.4, -0.2) is 25.1 Å². The molecule has 6 heteroatoms. The highest BCUT2D eigenvalue weighted by molar-refractivity contribution is 5.96. The van der Waals surface area contributed by atoms with Crippen LogP contribution >= 0.6 is 0 Å². The number of unbranched alkanes of at least 4 members (excludes halogenated alkanes) is 2. The summed E-state index contributed by atoms with van der Waals surface area (Å²) < 4.78 is 5.14. The van der Waals surface area contributed by atoms with Gasteiger partial charge in [-0.3, -0.25) is 9.59 Å². The smallest absolute Gasteiger partial charge is 0.271 e. The van der Waals surface area contributed by atoms with Gasteiger partial charge in [0.1, 0.15) is 5.75 Å². The Bertz CT molecular complexity index is 786. The van der Waals surface area contributed by atoms with E-state index in [0.29, 0.717) is 17.7 Å². The van der Waals surface area contributed by atoms with Crippen molar-refractivity contribution in [1.29, 1.82) is 0 Å². The second-order valence-corrected chi connectivity index (χ2v) is 6.06. The van der Waals surface area contributed by atoms with Crippen LogP contribution < -0.4 is 15.5 Å². The van der Waals surface area contributed by atoms with E-state index in [4.69, 9.17) is 4.74 Å². The van der Waals surface area contributed by atoms with Crippen molar-refractivity contribution in [3.8, 4) is 5.75 Å². The van der Waals surface area contributed by atoms with E-state index in [9.17, 15) is 9.59 Å². The van der Waals surface area contributed by atoms with Crippen molar-refractivity contribution in [1.82, 2.24) is 5.43 Å². The third kappa shape index (κ3) is 6.93. The molecule has 6 nitrogen and oxygen atoms in total. The Hall–Kier alpha value is -3.15. The molecule has 0 aliphatic rings. The summed E-state index contributed by atoms with van der Waals surface area (Å²) in [5.41, 5.74) is 4.43. The molecule has 2 N–H and O–H groups in total. The lowest BCUT2D eigenvalue weighted by Gasteiger charge is -2.06. The maximum absolute atomic E-state index is 12.1. The summed E-state index contributed by atoms with van der Waals surface area (Å²) in [6.07, 6.45) is 5.06. The average Bonchev–Trinajstić information content (AvgIpc) is 2.69. The minimum absolute atomic E-state index is 0.0106. The molecule has 0 aliphatic carbocycles. The highest BCUT2D eigenvalue weighted by atomic mass is 16.5. The number of nitrogens with one attached hydrogen (secondary N) is 2. The molecule has 0 unspecified atom stereocenters. The SMILES string of the molecule is CCCCCC(=O)Nc1ccc(C(=O)NN=Cc2cccc(OC)c2)cc1. The lowest BCUT2D eigenvalue weighted by molar-refractivity contribution is -0.116. The molecule has 0 saturated heterocycles. The molecule has 0 spiro atoms. The van der Waals surface area contributed by atoms with Gasteiger partial charge in [0.15, 0.2) is 0 Å². The van der Waals surface area contributed by atoms with Gasteiger partial charge in [0.25, 0.3) is 5.91 Å². The number of nitrogens with zero attached hydrogens (tertiary/aromatic N) is 1. The largest absolute Gasteiger partial charge is 0.497 e. The van der Waals surface area contributed by atoms with Crippen LogP contribution in [0.15, 0.2) is 53.6 Å². The van der Waals surface area contributed by atoms with Crippen LogP contribution in [0.25, 0.3) is 0 Å². The van der Waals surface area contributed by atoms with Crippen LogP contribution in [0.3, 0.4) is 0 Å². The molecular weight excluding hydrogens is 342 g/mol. The third-order valence-corrected chi connectivity index (χ3v) is 3.91. The highest BCUT2D eigenvalue weighted by Crippen LogP contribution is 2.12. The molecule has 0 heterocycles. The first kappa shape index (κ1) is 20.2. The lowest BCUT2D eigenvalue weighted by Crippen LogP contribution is -2.17. The van der Waals surface area contributed by atoms with Crippen molar-refractivity contribution in [3.05, 3.63) is 59.7 Å². The third-order valence-electron chi connectivity index (χ3n) is 3.91. The van der Waals surface area contributed by atoms with Crippen molar-refractivity contribution in [2.75, 3.05) is 12.4 Å². The molecule has 2 amide bonds. The van der Waals surface area contributed by atoms with Crippen LogP contribution in [0.2, 0.25) is 0 Å². The van der Waals surface area contributed by atoms with Gasteiger partial charge in [-0.05, 0) is 48.4 Å². The lowest BCUT2D eigenvalue weighted by atomic mass is 10.1. The number of ether oxygens (including phenoxy) is 1. The van der Waals surface area contributed by atoms with Gasteiger partial charge in [0, 0.05) is 17.7 Å². The number of hydrogen-bond donors (Lipinski definition) is 2. The summed E-state index contributed by atoms with van der Waals surface area (Å²) in [5, 5.41) is 6.79. The van der Waals surface area contributed by atoms with E-state index in [2.05, 4.69) is 22.8 Å². The number of carbonyl (C=O) groups is 2. The average molecular weight is 367 g/mol. The van der Waals surface area contributed by atoms with Crippen molar-refractivity contribution < 1.29 is 14.3 Å². The maximum atomic E-state index is 12.1. The van der Waals surface area contributed by atoms with E-state index in [-0.39, 0.29) is 11.8 Å². The zero-order chi connectivity index (χ0) is 19.5. The van der Waals surface area contributed by atoms with E-state index < -0.39 is 0 Å². The highest BCUT2D eigenvalue weighted by Gasteiger charge is 2.06. The topological polar surface area (TPSA) is 79.8 Å². The monoisotopic (exact) mass is 367 g/mol. The van der Waals surface area contributed by atoms with E-state index in [1.165, 1.54) is 0 Å². The molecule has 0 fully saturated rings. The van der Waals surface area contributed by atoms with Crippen LogP contribution in [-0.2, 0) is 4.79 Å². The van der Waals surface area contributed by atoms with Gasteiger partial charge < -0.3 is 10.1 Å². The van der Waals surface area contributed by atoms with Gasteiger partial charge >= 0.3 is 0 Å². The molecule has 2 aromatic carbocycles. The van der Waals surface area contributed by atoms with Gasteiger partial charge in [-0.25, -0.2) is 5.43 Å². The first-order chi connectivity index (χ1) is 13.1. The van der Waals surface area contributed by atoms with Crippen LogP contribution in [0.5, 0.6) is 5.75 Å². The van der Waals surface area contributed by atoms with Gasteiger partial charge in [-0.2, -0.15) is 5.10 Å². The predicted molar refractivity (Wildman–Crippen MR) is 107 cm³/mol. The summed E-state index contributed by atoms with van der Waals surface area (Å²) in [6.45, 7) is 2.10. The number of hydrazone groups is 1. The Morgan fingerprint density at radius 3 is 2.59 bits per heavy atom. The number of hydrogen-bond acceptors (Lipinski definition) is 4. The van der Waals surface area contributed by atoms with Gasteiger partial charge in [0.05, 0.1) is 13.3 Å². The molecule has 2 rings (SSSR count). The fourth-order valence-electron chi connectivity index (χ4n) is 2.42. The van der Waals surface area contributed by atoms with E-state index >= 15 is 0 Å². The van der Waals surface area contributed by atoms with Gasteiger partial charge in [-0.15, -0.1) is 0 Å². The van der Waals surface area contributed by atoms with Crippen molar-refractivity contribution in [2.24, 2.45) is 5.10 Å². The molecule has 2 aromatic rings. The molecule has 142 valence electrons. The first-order valence-corrected chi connectivity index (χ1v) is 8.99. The molecule has 0 aliphatic heterocycles. The number of methoxy groups -OCH3 is 1. The summed E-state index contributed by atoms with van der Waals surface area (Å²) in [7, 11) is 1.59. The summed E-state index contributed by atoms with van der Waals surface area (Å²) >= 11 is 0. The van der Waals surface area contributed by atoms with Crippen molar-refractivity contribution >= 4 is 23.7 Å². The zero-order valence-corrected chi connectivity index (χ0v) is 15.7. The minimum Gasteiger partial charge on any atom is -0.497 e. The van der Waals surface area contributed by atoms with Crippen LogP contribution in [0, 0.1) is 0 Å². The summed E-state index contributed by atoms with van der Waals surface area (Å²) in [6, 6.07) is 14.1. The Kier molecular flexibility index (Phi) is 8.03. The van der Waals surface area contributed by atoms with Crippen LogP contribution in [0.4, 0.5) is 5.69 Å². The molecular formula is C21H25N3O3. The number of rotatable bonds is 9. The molecule has 0 saturated carbocycles. The predicted octanol–water partition coefficient (Wildman–Crippen LogP) is 3.98. The number of anilines is 1. The fraction of sp³-hybridized carbons (Fsp3) is 0.286. The first-order valence-electron chi connectivity index (χ1n) is 8.99. The number of carbonyl (C=O) groups excluding carboxylic acids is 2. The van der Waals surface area contributed by atoms with Crippen molar-refractivity contribution in [2.45, 2.75) is 32.6 Å². The quantitative estimate of drug-likeness (QED) is 0.400. The second kappa shape index (κ2) is 10.8. The Morgan fingerprint density at radius 2 is 1.89 bits per heavy atom. The Morgan fingerprint density at radius 1 is 1.11 bits per heavy atom. The Balaban J connectivity index is 1.85. The normalized spacial score (nSPS) is 10.6. The zero-order valence-electron chi connectivity index (χ0n) is 15.7. The minimum atomic E-state index is -0.324.